The molecule has 0 aromatic carbocycles. The van der Waals surface area contributed by atoms with Crippen LogP contribution >= 0.6 is 0 Å². The predicted octanol–water partition coefficient (Wildman–Crippen LogP) is 0.735. The van der Waals surface area contributed by atoms with Gasteiger partial charge in [-0.15, -0.1) is 0 Å². The van der Waals surface area contributed by atoms with Crippen LogP contribution in [0.1, 0.15) is 39.0 Å². The first-order chi connectivity index (χ1) is 8.05. The number of nitrogens with two attached hydrogens (primary N) is 1. The van der Waals surface area contributed by atoms with Crippen LogP contribution < -0.4 is 5.73 Å². The molecule has 1 aliphatic heterocycles. The number of aliphatic hydroxyl groups excluding tert-OH is 1. The zero-order valence-corrected chi connectivity index (χ0v) is 10.7. The van der Waals surface area contributed by atoms with Gasteiger partial charge in [-0.25, -0.2) is 0 Å². The molecule has 1 saturated heterocycles. The molecule has 1 amide bonds. The molecule has 98 valence electrons. The SMILES string of the molecule is CC(N)(C(=O)N1CCCC(CCO)C1)C1CC1. The van der Waals surface area contributed by atoms with Gasteiger partial charge in [-0.3, -0.25) is 4.79 Å². The van der Waals surface area contributed by atoms with Gasteiger partial charge in [0, 0.05) is 19.7 Å². The van der Waals surface area contributed by atoms with E-state index in [0.29, 0.717) is 11.8 Å². The van der Waals surface area contributed by atoms with Crippen molar-refractivity contribution in [2.45, 2.75) is 44.6 Å². The molecule has 2 rings (SSSR count). The normalized spacial score (nSPS) is 28.9. The van der Waals surface area contributed by atoms with Crippen molar-refractivity contribution in [2.75, 3.05) is 19.7 Å². The van der Waals surface area contributed by atoms with Gasteiger partial charge >= 0.3 is 0 Å². The van der Waals surface area contributed by atoms with Gasteiger partial charge in [0.2, 0.25) is 5.91 Å². The lowest BCUT2D eigenvalue weighted by Gasteiger charge is -2.37. The molecule has 3 N–H and O–H groups in total. The van der Waals surface area contributed by atoms with Crippen LogP contribution in [0.5, 0.6) is 0 Å². The van der Waals surface area contributed by atoms with Crippen molar-refractivity contribution in [1.82, 2.24) is 4.90 Å². The third kappa shape index (κ3) is 2.80. The molecule has 0 bridgehead atoms. The minimum atomic E-state index is -0.666. The summed E-state index contributed by atoms with van der Waals surface area (Å²) in [6, 6.07) is 0. The summed E-state index contributed by atoms with van der Waals surface area (Å²) in [5, 5.41) is 8.97. The van der Waals surface area contributed by atoms with Crippen LogP contribution in [0.4, 0.5) is 0 Å². The summed E-state index contributed by atoms with van der Waals surface area (Å²) < 4.78 is 0. The van der Waals surface area contributed by atoms with Crippen molar-refractivity contribution in [3.63, 3.8) is 0 Å². The summed E-state index contributed by atoms with van der Waals surface area (Å²) in [4.78, 5) is 14.3. The average molecular weight is 240 g/mol. The number of carbonyl (C=O) groups excluding carboxylic acids is 1. The summed E-state index contributed by atoms with van der Waals surface area (Å²) in [6.07, 6.45) is 5.14. The Kier molecular flexibility index (Phi) is 3.73. The van der Waals surface area contributed by atoms with Crippen molar-refractivity contribution in [3.8, 4) is 0 Å². The predicted molar refractivity (Wildman–Crippen MR) is 66.3 cm³/mol. The minimum Gasteiger partial charge on any atom is -0.396 e. The fourth-order valence-corrected chi connectivity index (χ4v) is 2.87. The Morgan fingerprint density at radius 1 is 1.47 bits per heavy atom. The Morgan fingerprint density at radius 3 is 2.76 bits per heavy atom. The molecular weight excluding hydrogens is 216 g/mol. The highest BCUT2D eigenvalue weighted by molar-refractivity contribution is 5.86. The summed E-state index contributed by atoms with van der Waals surface area (Å²) in [5.74, 6) is 0.948. The molecule has 0 aromatic heterocycles. The maximum Gasteiger partial charge on any atom is 0.242 e. The molecule has 2 atom stereocenters. The Bertz CT molecular complexity index is 285. The summed E-state index contributed by atoms with van der Waals surface area (Å²) in [5.41, 5.74) is 5.51. The van der Waals surface area contributed by atoms with Crippen molar-refractivity contribution in [3.05, 3.63) is 0 Å². The molecule has 1 aliphatic carbocycles. The maximum atomic E-state index is 12.4. The monoisotopic (exact) mass is 240 g/mol. The van der Waals surface area contributed by atoms with E-state index in [4.69, 9.17) is 10.8 Å². The van der Waals surface area contributed by atoms with Gasteiger partial charge in [0.1, 0.15) is 0 Å². The van der Waals surface area contributed by atoms with Crippen LogP contribution in [-0.2, 0) is 4.79 Å². The highest BCUT2D eigenvalue weighted by Crippen LogP contribution is 2.39. The number of aliphatic hydroxyl groups is 1. The third-order valence-electron chi connectivity index (χ3n) is 4.23. The largest absolute Gasteiger partial charge is 0.396 e. The quantitative estimate of drug-likeness (QED) is 0.761. The van der Waals surface area contributed by atoms with Crippen molar-refractivity contribution in [2.24, 2.45) is 17.6 Å². The minimum absolute atomic E-state index is 0.114. The summed E-state index contributed by atoms with van der Waals surface area (Å²) in [6.45, 7) is 3.71. The molecule has 0 radical (unpaired) electrons. The van der Waals surface area contributed by atoms with E-state index in [0.717, 1.165) is 45.2 Å². The van der Waals surface area contributed by atoms with Gasteiger partial charge in [0.05, 0.1) is 5.54 Å². The van der Waals surface area contributed by atoms with E-state index in [2.05, 4.69) is 0 Å². The van der Waals surface area contributed by atoms with E-state index < -0.39 is 5.54 Å². The number of likely N-dealkylation sites (tertiary alicyclic amines) is 1. The van der Waals surface area contributed by atoms with Crippen LogP contribution in [0.2, 0.25) is 0 Å². The molecule has 1 heterocycles. The second kappa shape index (κ2) is 4.94. The van der Waals surface area contributed by atoms with Crippen molar-refractivity contribution >= 4 is 5.91 Å². The molecule has 17 heavy (non-hydrogen) atoms. The highest BCUT2D eigenvalue weighted by Gasteiger charge is 2.46. The van der Waals surface area contributed by atoms with Crippen LogP contribution in [0, 0.1) is 11.8 Å². The Hall–Kier alpha value is -0.610. The number of amides is 1. The number of carbonyl (C=O) groups is 1. The lowest BCUT2D eigenvalue weighted by atomic mass is 9.90. The first-order valence-corrected chi connectivity index (χ1v) is 6.75. The number of hydrogen-bond acceptors (Lipinski definition) is 3. The Labute approximate surface area is 103 Å². The van der Waals surface area contributed by atoms with Crippen LogP contribution in [0.3, 0.4) is 0 Å². The smallest absolute Gasteiger partial charge is 0.242 e. The molecule has 0 aromatic rings. The average Bonchev–Trinajstić information content (AvgIpc) is 3.13. The van der Waals surface area contributed by atoms with E-state index in [-0.39, 0.29) is 12.5 Å². The van der Waals surface area contributed by atoms with E-state index in [1.165, 1.54) is 0 Å². The van der Waals surface area contributed by atoms with Gasteiger partial charge in [0.25, 0.3) is 0 Å². The van der Waals surface area contributed by atoms with E-state index >= 15 is 0 Å². The topological polar surface area (TPSA) is 66.6 Å². The van der Waals surface area contributed by atoms with E-state index in [9.17, 15) is 4.79 Å². The molecule has 0 spiro atoms. The fraction of sp³-hybridized carbons (Fsp3) is 0.923. The zero-order chi connectivity index (χ0) is 12.5. The summed E-state index contributed by atoms with van der Waals surface area (Å²) >= 11 is 0. The van der Waals surface area contributed by atoms with E-state index in [1.807, 2.05) is 11.8 Å². The standard InChI is InChI=1S/C13H24N2O2/c1-13(14,11-4-5-11)12(17)15-7-2-3-10(9-15)6-8-16/h10-11,16H,2-9,14H2,1H3. The lowest BCUT2D eigenvalue weighted by molar-refractivity contribution is -0.139. The zero-order valence-electron chi connectivity index (χ0n) is 10.7. The molecule has 1 saturated carbocycles. The third-order valence-corrected chi connectivity index (χ3v) is 4.23. The van der Waals surface area contributed by atoms with E-state index in [1.54, 1.807) is 0 Å². The van der Waals surface area contributed by atoms with Crippen LogP contribution in [0.25, 0.3) is 0 Å². The molecular formula is C13H24N2O2. The number of hydrogen-bond donors (Lipinski definition) is 2. The molecule has 4 nitrogen and oxygen atoms in total. The first kappa shape index (κ1) is 12.8. The fourth-order valence-electron chi connectivity index (χ4n) is 2.87. The number of piperidine rings is 1. The van der Waals surface area contributed by atoms with Crippen molar-refractivity contribution in [1.29, 1.82) is 0 Å². The number of rotatable bonds is 4. The molecule has 2 unspecified atom stereocenters. The second-order valence-electron chi connectivity index (χ2n) is 5.83. The lowest BCUT2D eigenvalue weighted by Crippen LogP contribution is -2.56. The van der Waals surface area contributed by atoms with Gasteiger partial charge < -0.3 is 15.7 Å². The molecule has 2 fully saturated rings. The maximum absolute atomic E-state index is 12.4. The second-order valence-corrected chi connectivity index (χ2v) is 5.83. The Balaban J connectivity index is 1.94. The van der Waals surface area contributed by atoms with Crippen LogP contribution in [0.15, 0.2) is 0 Å². The van der Waals surface area contributed by atoms with Crippen molar-refractivity contribution < 1.29 is 9.90 Å². The summed E-state index contributed by atoms with van der Waals surface area (Å²) in [7, 11) is 0. The van der Waals surface area contributed by atoms with Gasteiger partial charge in [-0.1, -0.05) is 0 Å². The van der Waals surface area contributed by atoms with Gasteiger partial charge in [-0.05, 0) is 50.9 Å². The first-order valence-electron chi connectivity index (χ1n) is 6.75. The molecule has 4 heteroatoms. The van der Waals surface area contributed by atoms with Crippen LogP contribution in [-0.4, -0.2) is 41.1 Å². The Morgan fingerprint density at radius 2 is 2.18 bits per heavy atom. The highest BCUT2D eigenvalue weighted by atomic mass is 16.3. The number of nitrogens with zero attached hydrogens (tertiary/aromatic N) is 1. The molecule has 2 aliphatic rings. The van der Waals surface area contributed by atoms with Gasteiger partial charge in [-0.2, -0.15) is 0 Å². The van der Waals surface area contributed by atoms with Gasteiger partial charge in [0.15, 0.2) is 0 Å².